The number of aliphatic carboxylic acids is 1. The van der Waals surface area contributed by atoms with Crippen LogP contribution in [-0.2, 0) is 40.2 Å². The molecule has 55 heavy (non-hydrogen) atoms. The van der Waals surface area contributed by atoms with E-state index in [2.05, 4.69) is 5.32 Å². The molecule has 0 radical (unpaired) electrons. The maximum atomic E-state index is 13.7. The van der Waals surface area contributed by atoms with Gasteiger partial charge in [0.15, 0.2) is 11.8 Å². The van der Waals surface area contributed by atoms with Gasteiger partial charge in [-0.1, -0.05) is 36.4 Å². The van der Waals surface area contributed by atoms with Gasteiger partial charge in [0, 0.05) is 41.5 Å². The summed E-state index contributed by atoms with van der Waals surface area (Å²) in [4.78, 5) is 63.7. The molecule has 1 aliphatic carbocycles. The summed E-state index contributed by atoms with van der Waals surface area (Å²) in [5, 5.41) is 13.0. The molecule has 5 rings (SSSR count). The molecule has 1 atom stereocenters. The van der Waals surface area contributed by atoms with Gasteiger partial charge in [-0.05, 0) is 99.2 Å². The molecule has 0 bridgehead atoms. The van der Waals surface area contributed by atoms with Crippen LogP contribution in [0.15, 0.2) is 84.9 Å². The molecule has 0 aliphatic heterocycles. The number of primary amides is 1. The molecule has 0 saturated heterocycles. The first-order valence-electron chi connectivity index (χ1n) is 17.5. The third-order valence-corrected chi connectivity index (χ3v) is 8.72. The van der Waals surface area contributed by atoms with E-state index in [1.165, 1.54) is 62.0 Å². The second-order valence-corrected chi connectivity index (χ2v) is 13.7. The van der Waals surface area contributed by atoms with Crippen molar-refractivity contribution in [2.75, 3.05) is 26.2 Å². The van der Waals surface area contributed by atoms with E-state index in [1.807, 2.05) is 18.2 Å². The molecule has 4 N–H and O–H groups in total. The Morgan fingerprint density at radius 1 is 0.818 bits per heavy atom. The number of hydrogen-bond acceptors (Lipinski definition) is 10. The number of amides is 2. The molecule has 0 spiro atoms. The molecule has 13 nitrogen and oxygen atoms in total. The van der Waals surface area contributed by atoms with Crippen molar-refractivity contribution in [2.45, 2.75) is 64.8 Å². The zero-order chi connectivity index (χ0) is 40.3. The van der Waals surface area contributed by atoms with Crippen molar-refractivity contribution in [1.29, 1.82) is 0 Å². The van der Waals surface area contributed by atoms with Crippen molar-refractivity contribution < 1.29 is 48.0 Å². The monoisotopic (exact) mass is 753 g/mol. The normalized spacial score (nSPS) is 12.2. The maximum Gasteiger partial charge on any atom is 0.407 e. The van der Waals surface area contributed by atoms with E-state index in [4.69, 9.17) is 24.7 Å². The largest absolute Gasteiger partial charge is 0.497 e. The summed E-state index contributed by atoms with van der Waals surface area (Å²) in [6.07, 6.45) is 2.73. The van der Waals surface area contributed by atoms with Gasteiger partial charge in [0.05, 0.1) is 26.9 Å². The van der Waals surface area contributed by atoms with E-state index in [9.17, 15) is 29.1 Å². The molecule has 0 unspecified atom stereocenters. The highest BCUT2D eigenvalue weighted by Crippen LogP contribution is 2.31. The Balaban J connectivity index is 0.000000470. The lowest BCUT2D eigenvalue weighted by molar-refractivity contribution is -0.137. The number of rotatable bonds is 13. The van der Waals surface area contributed by atoms with Crippen LogP contribution in [0.5, 0.6) is 11.5 Å². The fraction of sp³-hybridized carbons (Fsp3) is 0.310. The number of ketones is 1. The van der Waals surface area contributed by atoms with Gasteiger partial charge in [-0.25, -0.2) is 14.4 Å². The average molecular weight is 754 g/mol. The molecule has 0 heterocycles. The predicted octanol–water partition coefficient (Wildman–Crippen LogP) is 6.13. The lowest BCUT2D eigenvalue weighted by atomic mass is 9.99. The number of benzene rings is 4. The summed E-state index contributed by atoms with van der Waals surface area (Å²) < 4.78 is 21.1. The summed E-state index contributed by atoms with van der Waals surface area (Å²) in [5.74, 6) is -2.08. The number of nitrogens with one attached hydrogen (secondary N) is 1. The molecular weight excluding hydrogens is 706 g/mol. The van der Waals surface area contributed by atoms with Crippen LogP contribution < -0.4 is 25.4 Å². The molecule has 1 aliphatic rings. The number of alkyl carbamates (subject to hydrolysis) is 1. The van der Waals surface area contributed by atoms with Gasteiger partial charge in [0.2, 0.25) is 5.91 Å². The van der Waals surface area contributed by atoms with Crippen molar-refractivity contribution in [3.63, 3.8) is 0 Å². The Bertz CT molecular complexity index is 2020. The fourth-order valence-electron chi connectivity index (χ4n) is 6.07. The number of carbonyl (C=O) groups excluding carboxylic acids is 4. The number of nitrogens with zero attached hydrogens (tertiary/aromatic N) is 1. The van der Waals surface area contributed by atoms with E-state index in [-0.39, 0.29) is 30.1 Å². The molecule has 4 aromatic carbocycles. The maximum absolute atomic E-state index is 13.7. The molecule has 0 saturated carbocycles. The number of Topliss-reactive ketones (excluding diaryl/α,β-unsaturated/α-hetero) is 1. The van der Waals surface area contributed by atoms with Crippen LogP contribution in [0.3, 0.4) is 0 Å². The third-order valence-electron chi connectivity index (χ3n) is 8.72. The van der Waals surface area contributed by atoms with Gasteiger partial charge < -0.3 is 40.0 Å². The van der Waals surface area contributed by atoms with Gasteiger partial charge in [-0.3, -0.25) is 9.59 Å². The number of nitrogens with two attached hydrogens (primary N) is 1. The van der Waals surface area contributed by atoms with Crippen LogP contribution in [0.25, 0.3) is 0 Å². The molecule has 0 aromatic heterocycles. The van der Waals surface area contributed by atoms with E-state index < -0.39 is 35.5 Å². The predicted molar refractivity (Wildman–Crippen MR) is 206 cm³/mol. The first-order chi connectivity index (χ1) is 26.1. The second-order valence-electron chi connectivity index (χ2n) is 13.7. The van der Waals surface area contributed by atoms with E-state index >= 15 is 0 Å². The lowest BCUT2D eigenvalue weighted by Gasteiger charge is -2.31. The third kappa shape index (κ3) is 11.1. The van der Waals surface area contributed by atoms with Gasteiger partial charge in [-0.15, -0.1) is 0 Å². The highest BCUT2D eigenvalue weighted by molar-refractivity contribution is 6.14. The number of methoxy groups -OCH3 is 3. The summed E-state index contributed by atoms with van der Waals surface area (Å²) in [7, 11) is 4.20. The molecule has 290 valence electrons. The number of carbonyl (C=O) groups is 5. The zero-order valence-electron chi connectivity index (χ0n) is 31.8. The summed E-state index contributed by atoms with van der Waals surface area (Å²) >= 11 is 0. The topological polar surface area (TPSA) is 184 Å². The smallest absolute Gasteiger partial charge is 0.407 e. The van der Waals surface area contributed by atoms with Crippen LogP contribution in [0.1, 0.15) is 80.5 Å². The highest BCUT2D eigenvalue weighted by atomic mass is 16.6. The number of aryl methyl sites for hydroxylation is 2. The number of anilines is 1. The van der Waals surface area contributed by atoms with E-state index in [0.29, 0.717) is 33.9 Å². The number of carboxylic acids is 1. The number of esters is 1. The van der Waals surface area contributed by atoms with Crippen molar-refractivity contribution >= 4 is 35.4 Å². The van der Waals surface area contributed by atoms with Gasteiger partial charge in [-0.2, -0.15) is 0 Å². The second kappa shape index (κ2) is 18.6. The first-order valence-corrected chi connectivity index (χ1v) is 17.5. The van der Waals surface area contributed by atoms with Crippen molar-refractivity contribution in [3.05, 3.63) is 124 Å². The molecule has 0 fully saturated rings. The molecule has 13 heteroatoms. The van der Waals surface area contributed by atoms with Gasteiger partial charge in [0.1, 0.15) is 17.1 Å². The number of carboxylic acid groups (broad SMARTS) is 1. The van der Waals surface area contributed by atoms with Crippen LogP contribution in [0.2, 0.25) is 0 Å². The Hall–Kier alpha value is -6.37. The molecule has 2 amide bonds. The van der Waals surface area contributed by atoms with Crippen molar-refractivity contribution in [3.8, 4) is 11.5 Å². The minimum Gasteiger partial charge on any atom is -0.497 e. The van der Waals surface area contributed by atoms with Crippen molar-refractivity contribution in [2.24, 2.45) is 5.73 Å². The quantitative estimate of drug-likeness (QED) is 0.0811. The first kappa shape index (κ1) is 41.4. The number of hydrogen-bond donors (Lipinski definition) is 3. The Morgan fingerprint density at radius 2 is 1.53 bits per heavy atom. The minimum absolute atomic E-state index is 0.0702. The lowest BCUT2D eigenvalue weighted by Crippen LogP contribution is -2.47. The molecule has 4 aromatic rings. The average Bonchev–Trinajstić information content (AvgIpc) is 3.64. The molecular formula is C42H47N3O10. The van der Waals surface area contributed by atoms with Crippen LogP contribution in [0.4, 0.5) is 10.5 Å². The van der Waals surface area contributed by atoms with E-state index in [1.54, 1.807) is 69.3 Å². The van der Waals surface area contributed by atoms with Gasteiger partial charge >= 0.3 is 18.0 Å². The van der Waals surface area contributed by atoms with Crippen LogP contribution in [-0.4, -0.2) is 67.8 Å². The van der Waals surface area contributed by atoms with Crippen molar-refractivity contribution in [1.82, 2.24) is 5.32 Å². The Kier molecular flexibility index (Phi) is 14.0. The Labute approximate surface area is 320 Å². The van der Waals surface area contributed by atoms with Gasteiger partial charge in [0.25, 0.3) is 0 Å². The summed E-state index contributed by atoms with van der Waals surface area (Å²) in [5.41, 5.74) is 9.26. The van der Waals surface area contributed by atoms with Crippen LogP contribution in [0, 0.1) is 0 Å². The summed E-state index contributed by atoms with van der Waals surface area (Å²) in [6, 6.07) is 21.8. The van der Waals surface area contributed by atoms with E-state index in [0.717, 1.165) is 12.8 Å². The number of ether oxygens (including phenoxy) is 4. The van der Waals surface area contributed by atoms with Crippen LogP contribution >= 0.6 is 0 Å². The fourth-order valence-corrected chi connectivity index (χ4v) is 6.07. The summed E-state index contributed by atoms with van der Waals surface area (Å²) in [6.45, 7) is 4.94. The zero-order valence-corrected chi connectivity index (χ0v) is 31.8. The standard InChI is InChI=1S/C32H36N2O9.C10H11NO/c1-32(2,3)43-31(39)33-18-22-16-23(13-15-25(22)30(38)42-6)34(19-21-12-14-24(40-4)17-26(21)41-5)27(29(36)37)28(35)20-10-8-7-9-11-20;11-10(12)9-5-4-7-2-1-3-8(7)6-9/h7-17,27H,18-19H2,1-6H3,(H,33,39)(H,36,37);4-6H,1-3H2,(H2,11,12)/t27-;/m0./s1. The highest BCUT2D eigenvalue weighted by Gasteiger charge is 2.35. The minimum atomic E-state index is -1.66. The number of fused-ring (bicyclic) bond motifs is 1. The Morgan fingerprint density at radius 3 is 2.15 bits per heavy atom. The SMILES string of the molecule is COC(=O)c1ccc(N(Cc2ccc(OC)cc2OC)[C@H](C(=O)O)C(=O)c2ccccc2)cc1CNC(=O)OC(C)(C)C.NC(=O)c1ccc2c(c1)CCC2.